The van der Waals surface area contributed by atoms with Gasteiger partial charge in [-0.25, -0.2) is 4.21 Å². The van der Waals surface area contributed by atoms with E-state index in [1.807, 2.05) is 6.92 Å². The summed E-state index contributed by atoms with van der Waals surface area (Å²) in [4.78, 5) is 0. The van der Waals surface area contributed by atoms with E-state index in [0.29, 0.717) is 6.61 Å². The Labute approximate surface area is 56.6 Å². The van der Waals surface area contributed by atoms with Gasteiger partial charge in [0, 0.05) is 6.61 Å². The zero-order chi connectivity index (χ0) is 7.11. The molecule has 0 heterocycles. The Bertz CT molecular complexity index is 84.6. The van der Waals surface area contributed by atoms with Crippen molar-refractivity contribution in [1.29, 1.82) is 0 Å². The second kappa shape index (κ2) is 6.15. The third kappa shape index (κ3) is 8.03. The lowest BCUT2D eigenvalue weighted by Crippen LogP contribution is -2.02. The Kier molecular flexibility index (Phi) is 6.18. The summed E-state index contributed by atoms with van der Waals surface area (Å²) >= 11 is -2.44. The van der Waals surface area contributed by atoms with Gasteiger partial charge in [-0.05, 0) is 6.42 Å². The minimum atomic E-state index is -2.44. The molecule has 0 fully saturated rings. The van der Waals surface area contributed by atoms with Gasteiger partial charge in [0.25, 0.3) is 0 Å². The molecule has 56 valence electrons. The molecule has 0 rings (SSSR count). The highest BCUT2D eigenvalue weighted by atomic mass is 32.2. The molecular weight excluding hydrogens is 144 g/mol. The molecule has 0 spiro atoms. The van der Waals surface area contributed by atoms with Gasteiger partial charge in [-0.3, -0.25) is 4.18 Å². The van der Waals surface area contributed by atoms with Crippen molar-refractivity contribution in [2.75, 3.05) is 13.4 Å². The van der Waals surface area contributed by atoms with Gasteiger partial charge >= 0.3 is 0 Å². The van der Waals surface area contributed by atoms with Crippen molar-refractivity contribution in [3.8, 4) is 0 Å². The Morgan fingerprint density at radius 2 is 2.33 bits per heavy atom. The molecule has 0 aliphatic carbocycles. The van der Waals surface area contributed by atoms with Crippen molar-refractivity contribution in [1.82, 2.24) is 0 Å². The molecule has 4 nitrogen and oxygen atoms in total. The van der Waals surface area contributed by atoms with Crippen LogP contribution in [0.2, 0.25) is 0 Å². The molecular formula is C4H9O4S-. The number of hydrogen-bond donors (Lipinski definition) is 0. The molecule has 0 aromatic heterocycles. The number of ether oxygens (including phenoxy) is 1. The summed E-state index contributed by atoms with van der Waals surface area (Å²) in [6.45, 7) is 2.27. The molecule has 0 aliphatic heterocycles. The van der Waals surface area contributed by atoms with E-state index in [9.17, 15) is 8.76 Å². The number of hydrogen-bond acceptors (Lipinski definition) is 4. The van der Waals surface area contributed by atoms with Crippen molar-refractivity contribution < 1.29 is 17.7 Å². The van der Waals surface area contributed by atoms with Crippen molar-refractivity contribution in [2.45, 2.75) is 13.3 Å². The van der Waals surface area contributed by atoms with Crippen LogP contribution in [0.4, 0.5) is 0 Å². The van der Waals surface area contributed by atoms with E-state index < -0.39 is 11.4 Å². The molecule has 5 heteroatoms. The average molecular weight is 153 g/mol. The highest BCUT2D eigenvalue weighted by Crippen LogP contribution is 1.83. The summed E-state index contributed by atoms with van der Waals surface area (Å²) in [5, 5.41) is 0. The topological polar surface area (TPSA) is 58.6 Å². The van der Waals surface area contributed by atoms with Crippen LogP contribution in [0.25, 0.3) is 0 Å². The van der Waals surface area contributed by atoms with E-state index >= 15 is 0 Å². The second-order valence-corrected chi connectivity index (χ2v) is 1.99. The second-order valence-electron chi connectivity index (χ2n) is 1.35. The third-order valence-corrected chi connectivity index (χ3v) is 0.865. The quantitative estimate of drug-likeness (QED) is 0.321. The molecule has 0 aliphatic rings. The monoisotopic (exact) mass is 153 g/mol. The first kappa shape index (κ1) is 9.03. The Hall–Kier alpha value is 0.0300. The van der Waals surface area contributed by atoms with Gasteiger partial charge in [-0.2, -0.15) is 0 Å². The predicted molar refractivity (Wildman–Crippen MR) is 31.1 cm³/mol. The van der Waals surface area contributed by atoms with Crippen LogP contribution in [0, 0.1) is 0 Å². The lowest BCUT2D eigenvalue weighted by atomic mass is 10.5. The Balaban J connectivity index is 2.83. The highest BCUT2D eigenvalue weighted by molar-refractivity contribution is 7.74. The van der Waals surface area contributed by atoms with Crippen LogP contribution in [0.15, 0.2) is 0 Å². The normalized spacial score (nSPS) is 13.6. The van der Waals surface area contributed by atoms with Crippen LogP contribution < -0.4 is 0 Å². The summed E-state index contributed by atoms with van der Waals surface area (Å²) in [7, 11) is 0. The molecule has 0 radical (unpaired) electrons. The Morgan fingerprint density at radius 3 is 2.78 bits per heavy atom. The summed E-state index contributed by atoms with van der Waals surface area (Å²) in [5.41, 5.74) is 0. The van der Waals surface area contributed by atoms with Crippen molar-refractivity contribution in [2.24, 2.45) is 0 Å². The maximum Gasteiger partial charge on any atom is 0.161 e. The largest absolute Gasteiger partial charge is 0.750 e. The molecule has 0 saturated heterocycles. The van der Waals surface area contributed by atoms with Crippen LogP contribution in [0.5, 0.6) is 0 Å². The van der Waals surface area contributed by atoms with Crippen LogP contribution >= 0.6 is 0 Å². The van der Waals surface area contributed by atoms with Gasteiger partial charge in [0.15, 0.2) is 6.79 Å². The fourth-order valence-electron chi connectivity index (χ4n) is 0.277. The van der Waals surface area contributed by atoms with Gasteiger partial charge in [-0.1, -0.05) is 6.92 Å². The summed E-state index contributed by atoms with van der Waals surface area (Å²) in [6, 6.07) is 0. The maximum absolute atomic E-state index is 9.66. The predicted octanol–water partition coefficient (Wildman–Crippen LogP) is 0.181. The minimum absolute atomic E-state index is 0.177. The maximum atomic E-state index is 9.66. The Morgan fingerprint density at radius 1 is 1.67 bits per heavy atom. The van der Waals surface area contributed by atoms with Crippen LogP contribution in [0.1, 0.15) is 13.3 Å². The molecule has 1 unspecified atom stereocenters. The van der Waals surface area contributed by atoms with E-state index in [1.54, 1.807) is 0 Å². The first-order chi connectivity index (χ1) is 4.27. The standard InChI is InChI=1S/C4H10O4S/c1-2-3-7-4-8-9(5)6/h2-4H2,1H3,(H,5,6)/p-1. The van der Waals surface area contributed by atoms with Gasteiger partial charge in [0.2, 0.25) is 0 Å². The van der Waals surface area contributed by atoms with Crippen LogP contribution in [-0.4, -0.2) is 22.2 Å². The minimum Gasteiger partial charge on any atom is -0.750 e. The smallest absolute Gasteiger partial charge is 0.161 e. The molecule has 0 amide bonds. The molecule has 0 bridgehead atoms. The first-order valence-corrected chi connectivity index (χ1v) is 3.57. The van der Waals surface area contributed by atoms with E-state index in [1.165, 1.54) is 0 Å². The van der Waals surface area contributed by atoms with E-state index in [0.717, 1.165) is 6.42 Å². The molecule has 0 aromatic carbocycles. The van der Waals surface area contributed by atoms with E-state index in [4.69, 9.17) is 0 Å². The SMILES string of the molecule is CCCOCOS(=O)[O-]. The molecule has 0 aromatic rings. The fourth-order valence-corrected chi connectivity index (χ4v) is 0.423. The zero-order valence-electron chi connectivity index (χ0n) is 5.16. The van der Waals surface area contributed by atoms with E-state index in [-0.39, 0.29) is 6.79 Å². The summed E-state index contributed by atoms with van der Waals surface area (Å²) < 4.78 is 28.0. The van der Waals surface area contributed by atoms with Crippen molar-refractivity contribution >= 4 is 11.4 Å². The summed E-state index contributed by atoms with van der Waals surface area (Å²) in [5.74, 6) is 0. The van der Waals surface area contributed by atoms with Gasteiger partial charge in [-0.15, -0.1) is 0 Å². The molecule has 1 atom stereocenters. The van der Waals surface area contributed by atoms with Crippen LogP contribution in [-0.2, 0) is 20.3 Å². The molecule has 9 heavy (non-hydrogen) atoms. The zero-order valence-corrected chi connectivity index (χ0v) is 5.98. The number of rotatable bonds is 5. The first-order valence-electron chi connectivity index (χ1n) is 2.57. The van der Waals surface area contributed by atoms with Crippen molar-refractivity contribution in [3.63, 3.8) is 0 Å². The lowest BCUT2D eigenvalue weighted by molar-refractivity contribution is 0.0183. The fraction of sp³-hybridized carbons (Fsp3) is 1.00. The van der Waals surface area contributed by atoms with Crippen molar-refractivity contribution in [3.05, 3.63) is 0 Å². The molecule has 0 N–H and O–H groups in total. The molecule has 0 saturated carbocycles. The van der Waals surface area contributed by atoms with Gasteiger partial charge in [0.05, 0.1) is 11.4 Å². The van der Waals surface area contributed by atoms with Gasteiger partial charge < -0.3 is 9.29 Å². The summed E-state index contributed by atoms with van der Waals surface area (Å²) in [6.07, 6.45) is 0.856. The van der Waals surface area contributed by atoms with Crippen LogP contribution in [0.3, 0.4) is 0 Å². The third-order valence-electron chi connectivity index (χ3n) is 0.576. The van der Waals surface area contributed by atoms with E-state index in [2.05, 4.69) is 8.92 Å². The lowest BCUT2D eigenvalue weighted by Gasteiger charge is -2.04. The van der Waals surface area contributed by atoms with Gasteiger partial charge in [0.1, 0.15) is 0 Å². The highest BCUT2D eigenvalue weighted by Gasteiger charge is 1.83. The average Bonchev–Trinajstić information content (AvgIpc) is 1.80.